The van der Waals surface area contributed by atoms with Crippen molar-refractivity contribution in [1.29, 1.82) is 0 Å². The predicted octanol–water partition coefficient (Wildman–Crippen LogP) is 3.91. The first-order chi connectivity index (χ1) is 13.3. The first-order valence-electron chi connectivity index (χ1n) is 9.17. The third-order valence-electron chi connectivity index (χ3n) is 4.29. The Labute approximate surface area is 166 Å². The van der Waals surface area contributed by atoms with Crippen molar-refractivity contribution in [3.63, 3.8) is 0 Å². The molecule has 0 unspecified atom stereocenters. The van der Waals surface area contributed by atoms with Gasteiger partial charge >= 0.3 is 0 Å². The van der Waals surface area contributed by atoms with Crippen LogP contribution in [0.25, 0.3) is 0 Å². The standard InChI is InChI=1S/C22H27N3O3/c1-14(2)19-11-17(16(4)10-20(19)28-5)13-23-25-22(27)12-21(26)24-18-8-6-15(3)7-9-18/h6-11,13-14H,12H2,1-5H3,(H,24,26)(H,25,27). The first kappa shape index (κ1) is 21.2. The number of nitrogens with one attached hydrogen (secondary N) is 2. The number of ether oxygens (including phenoxy) is 1. The van der Waals surface area contributed by atoms with Crippen molar-refractivity contribution in [2.24, 2.45) is 5.10 Å². The van der Waals surface area contributed by atoms with Crippen LogP contribution in [0.5, 0.6) is 5.75 Å². The summed E-state index contributed by atoms with van der Waals surface area (Å²) in [5.41, 5.74) is 7.09. The highest BCUT2D eigenvalue weighted by Crippen LogP contribution is 2.28. The van der Waals surface area contributed by atoms with Gasteiger partial charge in [-0.25, -0.2) is 5.43 Å². The highest BCUT2D eigenvalue weighted by molar-refractivity contribution is 6.03. The largest absolute Gasteiger partial charge is 0.496 e. The molecule has 148 valence electrons. The number of methoxy groups -OCH3 is 1. The molecule has 2 amide bonds. The van der Waals surface area contributed by atoms with E-state index in [0.717, 1.165) is 28.0 Å². The van der Waals surface area contributed by atoms with Crippen LogP contribution < -0.4 is 15.5 Å². The summed E-state index contributed by atoms with van der Waals surface area (Å²) in [6.45, 7) is 8.08. The number of nitrogens with zero attached hydrogens (tertiary/aromatic N) is 1. The summed E-state index contributed by atoms with van der Waals surface area (Å²) in [7, 11) is 1.65. The Kier molecular flexibility index (Phi) is 7.32. The van der Waals surface area contributed by atoms with Crippen LogP contribution >= 0.6 is 0 Å². The summed E-state index contributed by atoms with van der Waals surface area (Å²) >= 11 is 0. The van der Waals surface area contributed by atoms with E-state index in [9.17, 15) is 9.59 Å². The normalized spacial score (nSPS) is 10.9. The maximum absolute atomic E-state index is 11.9. The van der Waals surface area contributed by atoms with Crippen molar-refractivity contribution in [1.82, 2.24) is 5.43 Å². The van der Waals surface area contributed by atoms with Crippen LogP contribution in [-0.4, -0.2) is 25.1 Å². The molecule has 2 N–H and O–H groups in total. The predicted molar refractivity (Wildman–Crippen MR) is 112 cm³/mol. The van der Waals surface area contributed by atoms with Gasteiger partial charge in [-0.3, -0.25) is 9.59 Å². The number of hydrogen-bond donors (Lipinski definition) is 2. The average molecular weight is 381 g/mol. The molecule has 6 heteroatoms. The average Bonchev–Trinajstić information content (AvgIpc) is 2.64. The molecule has 28 heavy (non-hydrogen) atoms. The third-order valence-corrected chi connectivity index (χ3v) is 4.29. The van der Waals surface area contributed by atoms with Crippen molar-refractivity contribution in [3.05, 3.63) is 58.7 Å². The van der Waals surface area contributed by atoms with Crippen LogP contribution in [0, 0.1) is 13.8 Å². The molecular weight excluding hydrogens is 354 g/mol. The Morgan fingerprint density at radius 2 is 1.79 bits per heavy atom. The van der Waals surface area contributed by atoms with Crippen molar-refractivity contribution in [2.45, 2.75) is 40.0 Å². The zero-order chi connectivity index (χ0) is 20.7. The van der Waals surface area contributed by atoms with Gasteiger partial charge < -0.3 is 10.1 Å². The molecule has 0 atom stereocenters. The molecule has 2 aromatic carbocycles. The Hall–Kier alpha value is -3.15. The third kappa shape index (κ3) is 5.94. The Morgan fingerprint density at radius 1 is 1.11 bits per heavy atom. The van der Waals surface area contributed by atoms with E-state index < -0.39 is 5.91 Å². The van der Waals surface area contributed by atoms with E-state index in [2.05, 4.69) is 29.7 Å². The molecule has 0 aliphatic carbocycles. The zero-order valence-electron chi connectivity index (χ0n) is 17.0. The highest BCUT2D eigenvalue weighted by atomic mass is 16.5. The van der Waals surface area contributed by atoms with Crippen LogP contribution in [0.3, 0.4) is 0 Å². The van der Waals surface area contributed by atoms with Gasteiger partial charge in [0.2, 0.25) is 11.8 Å². The Bertz CT molecular complexity index is 871. The lowest BCUT2D eigenvalue weighted by molar-refractivity contribution is -0.126. The smallest absolute Gasteiger partial charge is 0.249 e. The Balaban J connectivity index is 1.94. The van der Waals surface area contributed by atoms with E-state index in [4.69, 9.17) is 4.74 Å². The summed E-state index contributed by atoms with van der Waals surface area (Å²) in [5.74, 6) is 0.264. The second-order valence-electron chi connectivity index (χ2n) is 6.99. The van der Waals surface area contributed by atoms with Gasteiger partial charge in [-0.05, 0) is 60.7 Å². The minimum Gasteiger partial charge on any atom is -0.496 e. The first-order valence-corrected chi connectivity index (χ1v) is 9.17. The molecule has 0 heterocycles. The van der Waals surface area contributed by atoms with E-state index in [1.54, 1.807) is 25.5 Å². The number of carbonyl (C=O) groups excluding carboxylic acids is 2. The van der Waals surface area contributed by atoms with Gasteiger partial charge in [0.05, 0.1) is 13.3 Å². The molecule has 0 aliphatic rings. The monoisotopic (exact) mass is 381 g/mol. The minimum absolute atomic E-state index is 0.294. The van der Waals surface area contributed by atoms with Crippen molar-refractivity contribution >= 4 is 23.7 Å². The van der Waals surface area contributed by atoms with Crippen LogP contribution in [0.4, 0.5) is 5.69 Å². The van der Waals surface area contributed by atoms with E-state index >= 15 is 0 Å². The Morgan fingerprint density at radius 3 is 2.39 bits per heavy atom. The van der Waals surface area contributed by atoms with Gasteiger partial charge in [-0.1, -0.05) is 31.5 Å². The fourth-order valence-electron chi connectivity index (χ4n) is 2.68. The SMILES string of the molecule is COc1cc(C)c(C=NNC(=O)CC(=O)Nc2ccc(C)cc2)cc1C(C)C. The molecule has 0 fully saturated rings. The maximum Gasteiger partial charge on any atom is 0.249 e. The fourth-order valence-corrected chi connectivity index (χ4v) is 2.68. The van der Waals surface area contributed by atoms with Gasteiger partial charge in [0.25, 0.3) is 0 Å². The molecule has 0 saturated carbocycles. The molecule has 0 radical (unpaired) electrons. The molecular formula is C22H27N3O3. The number of benzene rings is 2. The minimum atomic E-state index is -0.476. The second kappa shape index (κ2) is 9.69. The van der Waals surface area contributed by atoms with Gasteiger partial charge in [0, 0.05) is 5.69 Å². The number of anilines is 1. The molecule has 0 aliphatic heterocycles. The summed E-state index contributed by atoms with van der Waals surface area (Å²) in [5, 5.41) is 6.67. The summed E-state index contributed by atoms with van der Waals surface area (Å²) < 4.78 is 5.43. The van der Waals surface area contributed by atoms with Crippen molar-refractivity contribution < 1.29 is 14.3 Å². The molecule has 2 aromatic rings. The van der Waals surface area contributed by atoms with E-state index in [-0.39, 0.29) is 12.3 Å². The van der Waals surface area contributed by atoms with Crippen LogP contribution in [0.1, 0.15) is 48.4 Å². The molecule has 0 spiro atoms. The summed E-state index contributed by atoms with van der Waals surface area (Å²) in [4.78, 5) is 23.9. The number of carbonyl (C=O) groups is 2. The fraction of sp³-hybridized carbons (Fsp3) is 0.318. The highest BCUT2D eigenvalue weighted by Gasteiger charge is 2.11. The maximum atomic E-state index is 11.9. The van der Waals surface area contributed by atoms with E-state index in [0.29, 0.717) is 11.6 Å². The molecule has 0 saturated heterocycles. The molecule has 0 bridgehead atoms. The molecule has 0 aromatic heterocycles. The van der Waals surface area contributed by atoms with Gasteiger partial charge in [-0.15, -0.1) is 0 Å². The van der Waals surface area contributed by atoms with Crippen LogP contribution in [0.2, 0.25) is 0 Å². The van der Waals surface area contributed by atoms with Gasteiger partial charge in [0.15, 0.2) is 0 Å². The number of hydrazone groups is 1. The lowest BCUT2D eigenvalue weighted by atomic mass is 9.97. The van der Waals surface area contributed by atoms with Gasteiger partial charge in [0.1, 0.15) is 12.2 Å². The van der Waals surface area contributed by atoms with Crippen LogP contribution in [-0.2, 0) is 9.59 Å². The van der Waals surface area contributed by atoms with Crippen molar-refractivity contribution in [3.8, 4) is 5.75 Å². The van der Waals surface area contributed by atoms with Gasteiger partial charge in [-0.2, -0.15) is 5.10 Å². The number of aryl methyl sites for hydroxylation is 2. The second-order valence-corrected chi connectivity index (χ2v) is 6.99. The van der Waals surface area contributed by atoms with Crippen LogP contribution in [0.15, 0.2) is 41.5 Å². The quantitative estimate of drug-likeness (QED) is 0.433. The topological polar surface area (TPSA) is 79.8 Å². The van der Waals surface area contributed by atoms with E-state index in [1.165, 1.54) is 0 Å². The number of rotatable bonds is 7. The number of amides is 2. The number of hydrogen-bond acceptors (Lipinski definition) is 4. The lowest BCUT2D eigenvalue weighted by Crippen LogP contribution is -2.24. The lowest BCUT2D eigenvalue weighted by Gasteiger charge is -2.14. The summed E-state index contributed by atoms with van der Waals surface area (Å²) in [6, 6.07) is 11.3. The van der Waals surface area contributed by atoms with Crippen molar-refractivity contribution in [2.75, 3.05) is 12.4 Å². The molecule has 6 nitrogen and oxygen atoms in total. The molecule has 2 rings (SSSR count). The zero-order valence-corrected chi connectivity index (χ0v) is 17.0. The summed E-state index contributed by atoms with van der Waals surface area (Å²) in [6.07, 6.45) is 1.28. The van der Waals surface area contributed by atoms with E-state index in [1.807, 2.05) is 38.1 Å².